The van der Waals surface area contributed by atoms with Crippen LogP contribution in [0.1, 0.15) is 29.6 Å². The summed E-state index contributed by atoms with van der Waals surface area (Å²) in [6.07, 6.45) is 2.49. The molecule has 0 radical (unpaired) electrons. The third kappa shape index (κ3) is 1.97. The number of rotatable bonds is 4. The molecule has 0 aliphatic heterocycles. The largest absolute Gasteiger partial charge is 0.373 e. The molecule has 2 aromatic heterocycles. The number of ether oxygens (including phenoxy) is 1. The van der Waals surface area contributed by atoms with Gasteiger partial charge in [0.05, 0.1) is 5.39 Å². The summed E-state index contributed by atoms with van der Waals surface area (Å²) in [6.45, 7) is 2.10. The molecular weight excluding hydrogens is 246 g/mol. The van der Waals surface area contributed by atoms with Gasteiger partial charge in [-0.15, -0.1) is 11.3 Å². The van der Waals surface area contributed by atoms with Crippen LogP contribution in [0, 0.1) is 12.8 Å². The van der Waals surface area contributed by atoms with E-state index in [0.29, 0.717) is 5.92 Å². The Morgan fingerprint density at radius 1 is 1.44 bits per heavy atom. The van der Waals surface area contributed by atoms with Gasteiger partial charge in [0.1, 0.15) is 16.8 Å². The summed E-state index contributed by atoms with van der Waals surface area (Å²) >= 11 is 1.71. The first-order valence-corrected chi connectivity index (χ1v) is 7.03. The molecule has 0 amide bonds. The summed E-state index contributed by atoms with van der Waals surface area (Å²) in [4.78, 5) is 11.6. The Morgan fingerprint density at radius 2 is 2.22 bits per heavy atom. The smallest absolute Gasteiger partial charge is 0.161 e. The van der Waals surface area contributed by atoms with Crippen LogP contribution in [0.4, 0.5) is 5.82 Å². The maximum atomic E-state index is 5.57. The highest BCUT2D eigenvalue weighted by Crippen LogP contribution is 2.42. The van der Waals surface area contributed by atoms with E-state index in [2.05, 4.69) is 28.3 Å². The Morgan fingerprint density at radius 3 is 2.83 bits per heavy atom. The van der Waals surface area contributed by atoms with Gasteiger partial charge in [0.25, 0.3) is 0 Å². The standard InChI is InChI=1S/C13H17N3OS/c1-7-6-9-11(14-2)15-12(16-13(9)18-7)10(17-3)8-4-5-8/h6,8,10H,4-5H2,1-3H3,(H,14,15,16). The van der Waals surface area contributed by atoms with Crippen molar-refractivity contribution in [2.45, 2.75) is 25.9 Å². The lowest BCUT2D eigenvalue weighted by Crippen LogP contribution is -2.10. The molecule has 5 heteroatoms. The van der Waals surface area contributed by atoms with E-state index in [1.54, 1.807) is 18.4 Å². The average Bonchev–Trinajstić information content (AvgIpc) is 3.10. The van der Waals surface area contributed by atoms with Crippen molar-refractivity contribution in [1.82, 2.24) is 9.97 Å². The van der Waals surface area contributed by atoms with Gasteiger partial charge in [-0.3, -0.25) is 0 Å². The normalized spacial score (nSPS) is 17.1. The molecule has 1 aliphatic carbocycles. The molecule has 1 aliphatic rings. The molecule has 0 saturated heterocycles. The molecule has 3 rings (SSSR count). The van der Waals surface area contributed by atoms with Gasteiger partial charge in [0, 0.05) is 19.0 Å². The van der Waals surface area contributed by atoms with Crippen LogP contribution in [-0.4, -0.2) is 24.1 Å². The van der Waals surface area contributed by atoms with Crippen LogP contribution in [-0.2, 0) is 4.74 Å². The Kier molecular flexibility index (Phi) is 2.95. The SMILES string of the molecule is CNc1nc(C(OC)C2CC2)nc2sc(C)cc12. The van der Waals surface area contributed by atoms with Crippen molar-refractivity contribution in [3.8, 4) is 0 Å². The summed E-state index contributed by atoms with van der Waals surface area (Å²) in [5, 5.41) is 4.27. The topological polar surface area (TPSA) is 47.0 Å². The first kappa shape index (κ1) is 11.9. The monoisotopic (exact) mass is 263 g/mol. The van der Waals surface area contributed by atoms with Crippen LogP contribution in [0.2, 0.25) is 0 Å². The van der Waals surface area contributed by atoms with E-state index in [9.17, 15) is 0 Å². The van der Waals surface area contributed by atoms with E-state index in [-0.39, 0.29) is 6.10 Å². The van der Waals surface area contributed by atoms with Crippen LogP contribution in [0.5, 0.6) is 0 Å². The minimum absolute atomic E-state index is 0.0453. The number of aromatic nitrogens is 2. The summed E-state index contributed by atoms with van der Waals surface area (Å²) in [5.74, 6) is 2.32. The lowest BCUT2D eigenvalue weighted by molar-refractivity contribution is 0.0777. The van der Waals surface area contributed by atoms with Gasteiger partial charge in [-0.25, -0.2) is 9.97 Å². The van der Waals surface area contributed by atoms with E-state index < -0.39 is 0 Å². The van der Waals surface area contributed by atoms with Gasteiger partial charge >= 0.3 is 0 Å². The molecule has 1 atom stereocenters. The Hall–Kier alpha value is -1.20. The third-order valence-corrected chi connectivity index (χ3v) is 4.27. The fraction of sp³-hybridized carbons (Fsp3) is 0.538. The Bertz CT molecular complexity index is 577. The van der Waals surface area contributed by atoms with E-state index >= 15 is 0 Å². The molecule has 2 heterocycles. The molecule has 0 bridgehead atoms. The summed E-state index contributed by atoms with van der Waals surface area (Å²) in [6, 6.07) is 2.13. The summed E-state index contributed by atoms with van der Waals surface area (Å²) in [7, 11) is 3.65. The number of aryl methyl sites for hydroxylation is 1. The molecule has 4 nitrogen and oxygen atoms in total. The highest BCUT2D eigenvalue weighted by molar-refractivity contribution is 7.18. The van der Waals surface area contributed by atoms with Crippen LogP contribution in [0.3, 0.4) is 0 Å². The fourth-order valence-corrected chi connectivity index (χ4v) is 3.17. The summed E-state index contributed by atoms with van der Waals surface area (Å²) in [5.41, 5.74) is 0. The van der Waals surface area contributed by atoms with Crippen molar-refractivity contribution < 1.29 is 4.74 Å². The number of hydrogen-bond acceptors (Lipinski definition) is 5. The van der Waals surface area contributed by atoms with Crippen LogP contribution in [0.25, 0.3) is 10.2 Å². The van der Waals surface area contributed by atoms with Crippen LogP contribution in [0.15, 0.2) is 6.07 Å². The van der Waals surface area contributed by atoms with Gasteiger partial charge in [-0.2, -0.15) is 0 Å². The van der Waals surface area contributed by atoms with Gasteiger partial charge in [0.2, 0.25) is 0 Å². The van der Waals surface area contributed by atoms with Crippen LogP contribution >= 0.6 is 11.3 Å². The van der Waals surface area contributed by atoms with Crippen molar-refractivity contribution >= 4 is 27.4 Å². The molecule has 1 fully saturated rings. The number of anilines is 1. The fourth-order valence-electron chi connectivity index (χ4n) is 2.28. The number of hydrogen-bond donors (Lipinski definition) is 1. The predicted molar refractivity (Wildman–Crippen MR) is 74.2 cm³/mol. The zero-order chi connectivity index (χ0) is 12.7. The second-order valence-corrected chi connectivity index (χ2v) is 5.98. The van der Waals surface area contributed by atoms with Crippen molar-refractivity contribution in [1.29, 1.82) is 0 Å². The number of thiophene rings is 1. The van der Waals surface area contributed by atoms with E-state index in [1.165, 1.54) is 17.7 Å². The Labute approximate surface area is 110 Å². The molecule has 1 unspecified atom stereocenters. The van der Waals surface area contributed by atoms with Gasteiger partial charge in [0.15, 0.2) is 5.82 Å². The minimum atomic E-state index is 0.0453. The minimum Gasteiger partial charge on any atom is -0.373 e. The lowest BCUT2D eigenvalue weighted by atomic mass is 10.2. The molecule has 1 N–H and O–H groups in total. The van der Waals surface area contributed by atoms with Crippen molar-refractivity contribution in [3.63, 3.8) is 0 Å². The zero-order valence-corrected chi connectivity index (χ0v) is 11.7. The highest BCUT2D eigenvalue weighted by atomic mass is 32.1. The predicted octanol–water partition coefficient (Wildman–Crippen LogP) is 3.14. The maximum absolute atomic E-state index is 5.57. The quantitative estimate of drug-likeness (QED) is 0.920. The van der Waals surface area contributed by atoms with Gasteiger partial charge < -0.3 is 10.1 Å². The van der Waals surface area contributed by atoms with Crippen molar-refractivity contribution in [2.75, 3.05) is 19.5 Å². The maximum Gasteiger partial charge on any atom is 0.161 e. The highest BCUT2D eigenvalue weighted by Gasteiger charge is 2.34. The molecule has 18 heavy (non-hydrogen) atoms. The number of fused-ring (bicyclic) bond motifs is 1. The summed E-state index contributed by atoms with van der Waals surface area (Å²) < 4.78 is 5.57. The lowest BCUT2D eigenvalue weighted by Gasteiger charge is -2.14. The van der Waals surface area contributed by atoms with E-state index in [4.69, 9.17) is 4.74 Å². The number of nitrogens with zero attached hydrogens (tertiary/aromatic N) is 2. The first-order chi connectivity index (χ1) is 8.72. The van der Waals surface area contributed by atoms with Gasteiger partial charge in [-0.1, -0.05) is 0 Å². The zero-order valence-electron chi connectivity index (χ0n) is 10.9. The molecule has 96 valence electrons. The first-order valence-electron chi connectivity index (χ1n) is 6.21. The number of methoxy groups -OCH3 is 1. The second-order valence-electron chi connectivity index (χ2n) is 4.75. The second kappa shape index (κ2) is 4.48. The third-order valence-electron chi connectivity index (χ3n) is 3.33. The Balaban J connectivity index is 2.11. The number of nitrogens with one attached hydrogen (secondary N) is 1. The molecule has 0 spiro atoms. The van der Waals surface area contributed by atoms with Crippen molar-refractivity contribution in [3.05, 3.63) is 16.8 Å². The molecule has 0 aromatic carbocycles. The van der Waals surface area contributed by atoms with E-state index in [1.807, 2.05) is 7.05 Å². The average molecular weight is 263 g/mol. The van der Waals surface area contributed by atoms with E-state index in [0.717, 1.165) is 21.9 Å². The molecular formula is C13H17N3OS. The van der Waals surface area contributed by atoms with Crippen LogP contribution < -0.4 is 5.32 Å². The van der Waals surface area contributed by atoms with Gasteiger partial charge in [-0.05, 0) is 31.7 Å². The molecule has 2 aromatic rings. The molecule has 1 saturated carbocycles. The van der Waals surface area contributed by atoms with Crippen molar-refractivity contribution in [2.24, 2.45) is 5.92 Å².